The number of para-hydroxylation sites is 1. The van der Waals surface area contributed by atoms with Crippen LogP contribution in [0, 0.1) is 0 Å². The van der Waals surface area contributed by atoms with Crippen molar-refractivity contribution in [2.45, 2.75) is 26.3 Å². The van der Waals surface area contributed by atoms with Gasteiger partial charge in [0.25, 0.3) is 0 Å². The van der Waals surface area contributed by atoms with Gasteiger partial charge in [-0.3, -0.25) is 0 Å². The number of fused-ring (bicyclic) bond motifs is 1. The van der Waals surface area contributed by atoms with E-state index in [9.17, 15) is 0 Å². The minimum atomic E-state index is 0.0127. The molecule has 2 aromatic carbocycles. The topological polar surface area (TPSA) is 49.0 Å². The molecule has 3 rings (SSSR count). The third kappa shape index (κ3) is 3.44. The van der Waals surface area contributed by atoms with E-state index < -0.39 is 0 Å². The van der Waals surface area contributed by atoms with Crippen LogP contribution in [0.1, 0.15) is 36.6 Å². The fraction of sp³-hybridized carbons (Fsp3) is 0.429. The Balaban J connectivity index is 2.10. The third-order valence-electron chi connectivity index (χ3n) is 4.60. The van der Waals surface area contributed by atoms with E-state index in [0.717, 1.165) is 41.5 Å². The zero-order valence-corrected chi connectivity index (χ0v) is 15.9. The Morgan fingerprint density at radius 2 is 1.65 bits per heavy atom. The molecule has 1 aliphatic rings. The molecule has 140 valence electrons. The predicted molar refractivity (Wildman–Crippen MR) is 102 cm³/mol. The van der Waals surface area contributed by atoms with Gasteiger partial charge >= 0.3 is 0 Å². The smallest absolute Gasteiger partial charge is 0.165 e. The van der Waals surface area contributed by atoms with Crippen LogP contribution >= 0.6 is 0 Å². The lowest BCUT2D eigenvalue weighted by Gasteiger charge is -2.30. The van der Waals surface area contributed by atoms with Crippen molar-refractivity contribution in [3.8, 4) is 23.0 Å². The summed E-state index contributed by atoms with van der Waals surface area (Å²) in [4.78, 5) is 0. The molecule has 0 saturated carbocycles. The molecule has 26 heavy (non-hydrogen) atoms. The number of nitrogens with one attached hydrogen (secondary N) is 1. The summed E-state index contributed by atoms with van der Waals surface area (Å²) in [5.41, 5.74) is 3.51. The molecule has 1 N–H and O–H groups in total. The first-order chi connectivity index (χ1) is 12.7. The normalized spacial score (nSPS) is 15.9. The van der Waals surface area contributed by atoms with E-state index in [1.54, 1.807) is 14.2 Å². The summed E-state index contributed by atoms with van der Waals surface area (Å²) in [6.07, 6.45) is 0.949. The zero-order chi connectivity index (χ0) is 18.5. The van der Waals surface area contributed by atoms with Gasteiger partial charge in [-0.25, -0.2) is 0 Å². The monoisotopic (exact) mass is 357 g/mol. The highest BCUT2D eigenvalue weighted by molar-refractivity contribution is 5.56. The van der Waals surface area contributed by atoms with E-state index in [-0.39, 0.29) is 6.04 Å². The Labute approximate surface area is 155 Å². The number of ether oxygens (including phenoxy) is 4. The highest BCUT2D eigenvalue weighted by Crippen LogP contribution is 2.42. The number of methoxy groups -OCH3 is 2. The Hall–Kier alpha value is -2.40. The van der Waals surface area contributed by atoms with Gasteiger partial charge < -0.3 is 24.3 Å². The van der Waals surface area contributed by atoms with E-state index in [2.05, 4.69) is 23.5 Å². The molecule has 1 atom stereocenters. The summed E-state index contributed by atoms with van der Waals surface area (Å²) < 4.78 is 22.7. The van der Waals surface area contributed by atoms with Gasteiger partial charge in [0.2, 0.25) is 0 Å². The second-order valence-electron chi connectivity index (χ2n) is 6.08. The largest absolute Gasteiger partial charge is 0.493 e. The Morgan fingerprint density at radius 1 is 0.923 bits per heavy atom. The van der Waals surface area contributed by atoms with Crippen molar-refractivity contribution >= 4 is 0 Å². The molecule has 0 amide bonds. The van der Waals surface area contributed by atoms with Gasteiger partial charge in [-0.2, -0.15) is 0 Å². The highest BCUT2D eigenvalue weighted by atomic mass is 16.5. The van der Waals surface area contributed by atoms with E-state index in [1.807, 2.05) is 26.0 Å². The Bertz CT molecular complexity index is 760. The molecule has 1 aliphatic heterocycles. The zero-order valence-electron chi connectivity index (χ0n) is 15.9. The number of hydrogen-bond donors (Lipinski definition) is 1. The first-order valence-corrected chi connectivity index (χ1v) is 9.10. The quantitative estimate of drug-likeness (QED) is 0.818. The first kappa shape index (κ1) is 18.4. The van der Waals surface area contributed by atoms with Gasteiger partial charge in [0, 0.05) is 12.1 Å². The van der Waals surface area contributed by atoms with Crippen LogP contribution in [0.2, 0.25) is 0 Å². The molecule has 5 heteroatoms. The maximum Gasteiger partial charge on any atom is 0.165 e. The fourth-order valence-electron chi connectivity index (χ4n) is 3.52. The van der Waals surface area contributed by atoms with Gasteiger partial charge in [-0.05, 0) is 49.6 Å². The van der Waals surface area contributed by atoms with Crippen LogP contribution in [0.3, 0.4) is 0 Å². The predicted octanol–water partition coefficient (Wildman–Crippen LogP) is 3.74. The van der Waals surface area contributed by atoms with Gasteiger partial charge in [-0.1, -0.05) is 12.1 Å². The molecule has 0 bridgehead atoms. The minimum Gasteiger partial charge on any atom is -0.493 e. The summed E-state index contributed by atoms with van der Waals surface area (Å²) in [6, 6.07) is 10.2. The lowest BCUT2D eigenvalue weighted by atomic mass is 9.88. The van der Waals surface area contributed by atoms with Crippen LogP contribution in [0.25, 0.3) is 0 Å². The molecule has 2 aromatic rings. The van der Waals surface area contributed by atoms with Crippen LogP contribution in [-0.2, 0) is 6.42 Å². The number of hydrogen-bond acceptors (Lipinski definition) is 5. The van der Waals surface area contributed by atoms with Crippen LogP contribution in [0.5, 0.6) is 23.0 Å². The molecule has 5 nitrogen and oxygen atoms in total. The molecule has 0 radical (unpaired) electrons. The third-order valence-corrected chi connectivity index (χ3v) is 4.60. The van der Waals surface area contributed by atoms with Gasteiger partial charge in [0.1, 0.15) is 0 Å². The Kier molecular flexibility index (Phi) is 5.89. The average molecular weight is 357 g/mol. The average Bonchev–Trinajstić information content (AvgIpc) is 2.67. The number of benzene rings is 2. The summed E-state index contributed by atoms with van der Waals surface area (Å²) >= 11 is 0. The van der Waals surface area contributed by atoms with Gasteiger partial charge in [-0.15, -0.1) is 0 Å². The summed E-state index contributed by atoms with van der Waals surface area (Å²) in [5, 5.41) is 3.61. The van der Waals surface area contributed by atoms with E-state index in [4.69, 9.17) is 18.9 Å². The van der Waals surface area contributed by atoms with Crippen LogP contribution in [-0.4, -0.2) is 34.0 Å². The maximum atomic E-state index is 5.83. The van der Waals surface area contributed by atoms with Crippen molar-refractivity contribution in [3.63, 3.8) is 0 Å². The van der Waals surface area contributed by atoms with Crippen molar-refractivity contribution in [1.29, 1.82) is 0 Å². The minimum absolute atomic E-state index is 0.0127. The lowest BCUT2D eigenvalue weighted by molar-refractivity contribution is 0.286. The SMILES string of the molecule is CCOc1cc2c(cc1OCC)[C@H](c1cccc(OC)c1OC)NCC2. The van der Waals surface area contributed by atoms with Crippen molar-refractivity contribution in [3.05, 3.63) is 47.0 Å². The second kappa shape index (κ2) is 8.32. The molecule has 0 aliphatic carbocycles. The van der Waals surface area contributed by atoms with Crippen molar-refractivity contribution in [2.24, 2.45) is 0 Å². The summed E-state index contributed by atoms with van der Waals surface area (Å²) in [7, 11) is 3.33. The molecule has 0 spiro atoms. The number of rotatable bonds is 7. The second-order valence-corrected chi connectivity index (χ2v) is 6.08. The lowest BCUT2D eigenvalue weighted by Crippen LogP contribution is -2.31. The molecule has 1 heterocycles. The van der Waals surface area contributed by atoms with Crippen molar-refractivity contribution in [2.75, 3.05) is 34.0 Å². The first-order valence-electron chi connectivity index (χ1n) is 9.10. The van der Waals surface area contributed by atoms with E-state index >= 15 is 0 Å². The van der Waals surface area contributed by atoms with Gasteiger partial charge in [0.05, 0.1) is 33.5 Å². The van der Waals surface area contributed by atoms with E-state index in [1.165, 1.54) is 11.1 Å². The molecular weight excluding hydrogens is 330 g/mol. The van der Waals surface area contributed by atoms with Crippen LogP contribution < -0.4 is 24.3 Å². The van der Waals surface area contributed by atoms with Crippen molar-refractivity contribution in [1.82, 2.24) is 5.32 Å². The highest BCUT2D eigenvalue weighted by Gasteiger charge is 2.27. The standard InChI is InChI=1S/C21H27NO4/c1-5-25-18-12-14-10-11-22-20(16(14)13-19(18)26-6-2)15-8-7-9-17(23-3)21(15)24-4/h7-9,12-13,20,22H,5-6,10-11H2,1-4H3/t20-/m0/s1. The molecule has 0 saturated heterocycles. The maximum absolute atomic E-state index is 5.83. The fourth-order valence-corrected chi connectivity index (χ4v) is 3.52. The molecular formula is C21H27NO4. The molecule has 0 aromatic heterocycles. The van der Waals surface area contributed by atoms with Crippen molar-refractivity contribution < 1.29 is 18.9 Å². The van der Waals surface area contributed by atoms with E-state index in [0.29, 0.717) is 13.2 Å². The summed E-state index contributed by atoms with van der Waals surface area (Å²) in [5.74, 6) is 3.08. The molecule has 0 fully saturated rings. The van der Waals surface area contributed by atoms with Crippen LogP contribution in [0.4, 0.5) is 0 Å². The molecule has 0 unspecified atom stereocenters. The summed E-state index contributed by atoms with van der Waals surface area (Å²) in [6.45, 7) is 6.07. The van der Waals surface area contributed by atoms with Gasteiger partial charge in [0.15, 0.2) is 23.0 Å². The van der Waals surface area contributed by atoms with Crippen LogP contribution in [0.15, 0.2) is 30.3 Å². The Morgan fingerprint density at radius 3 is 2.31 bits per heavy atom.